The zero-order chi connectivity index (χ0) is 20.1. The van der Waals surface area contributed by atoms with Gasteiger partial charge in [-0.05, 0) is 60.7 Å². The smallest absolute Gasteiger partial charge is 0.339 e. The van der Waals surface area contributed by atoms with Crippen LogP contribution < -0.4 is 14.2 Å². The van der Waals surface area contributed by atoms with Gasteiger partial charge in [-0.15, -0.1) is 0 Å². The van der Waals surface area contributed by atoms with Gasteiger partial charge in [-0.2, -0.15) is 8.42 Å². The van der Waals surface area contributed by atoms with Crippen LogP contribution in [0.15, 0.2) is 77.7 Å². The van der Waals surface area contributed by atoms with Crippen molar-refractivity contribution in [3.05, 3.63) is 83.4 Å². The lowest BCUT2D eigenvalue weighted by Crippen LogP contribution is -2.13. The average Bonchev–Trinajstić information content (AvgIpc) is 2.69. The molecule has 1 N–H and O–H groups in total. The Bertz CT molecular complexity index is 1080. The van der Waals surface area contributed by atoms with Crippen LogP contribution in [0.25, 0.3) is 0 Å². The van der Waals surface area contributed by atoms with E-state index in [4.69, 9.17) is 20.5 Å². The molecule has 0 aliphatic carbocycles. The Morgan fingerprint density at radius 1 is 0.929 bits per heavy atom. The number of hydrogen-bond acceptors (Lipinski definition) is 5. The Hall–Kier alpha value is -3.03. The minimum atomic E-state index is -3.98. The van der Waals surface area contributed by atoms with E-state index in [9.17, 15) is 13.2 Å². The second kappa shape index (κ2) is 8.33. The van der Waals surface area contributed by atoms with Crippen molar-refractivity contribution in [1.82, 2.24) is 0 Å². The lowest BCUT2D eigenvalue weighted by molar-refractivity contribution is 0.102. The third kappa shape index (κ3) is 4.62. The molecule has 0 saturated carbocycles. The maximum atomic E-state index is 12.4. The quantitative estimate of drug-likeness (QED) is 0.602. The van der Waals surface area contributed by atoms with E-state index in [1.807, 2.05) is 0 Å². The lowest BCUT2D eigenvalue weighted by atomic mass is 10.2. The van der Waals surface area contributed by atoms with Crippen molar-refractivity contribution in [3.8, 4) is 11.5 Å². The van der Waals surface area contributed by atoms with Crippen LogP contribution in [0, 0.1) is 0 Å². The van der Waals surface area contributed by atoms with Gasteiger partial charge in [0.05, 0.1) is 12.7 Å². The largest absolute Gasteiger partial charge is 0.496 e. The van der Waals surface area contributed by atoms with Crippen LogP contribution in [-0.2, 0) is 10.1 Å². The van der Waals surface area contributed by atoms with Crippen molar-refractivity contribution in [2.75, 3.05) is 12.4 Å². The molecule has 0 heterocycles. The van der Waals surface area contributed by atoms with Crippen molar-refractivity contribution >= 4 is 33.3 Å². The van der Waals surface area contributed by atoms with E-state index < -0.39 is 10.1 Å². The fraction of sp³-hybridized carbons (Fsp3) is 0.0500. The van der Waals surface area contributed by atoms with Gasteiger partial charge < -0.3 is 14.2 Å². The fourth-order valence-electron chi connectivity index (χ4n) is 2.40. The molecule has 1 amide bonds. The summed E-state index contributed by atoms with van der Waals surface area (Å²) in [5.41, 5.74) is 0.864. The van der Waals surface area contributed by atoms with Crippen molar-refractivity contribution in [2.24, 2.45) is 0 Å². The van der Waals surface area contributed by atoms with Crippen LogP contribution in [0.5, 0.6) is 11.5 Å². The van der Waals surface area contributed by atoms with E-state index in [1.165, 1.54) is 43.5 Å². The molecule has 3 rings (SSSR count). The van der Waals surface area contributed by atoms with E-state index in [1.54, 1.807) is 36.4 Å². The third-order valence-corrected chi connectivity index (χ3v) is 5.29. The van der Waals surface area contributed by atoms with Gasteiger partial charge in [-0.3, -0.25) is 4.79 Å². The highest BCUT2D eigenvalue weighted by molar-refractivity contribution is 7.87. The van der Waals surface area contributed by atoms with Crippen molar-refractivity contribution in [1.29, 1.82) is 0 Å². The summed E-state index contributed by atoms with van der Waals surface area (Å²) in [5, 5.41) is 3.15. The maximum Gasteiger partial charge on any atom is 0.339 e. The predicted molar refractivity (Wildman–Crippen MR) is 107 cm³/mol. The van der Waals surface area contributed by atoms with Crippen LogP contribution in [-0.4, -0.2) is 21.4 Å². The highest BCUT2D eigenvalue weighted by atomic mass is 35.5. The zero-order valence-corrected chi connectivity index (χ0v) is 16.3. The standard InChI is InChI=1S/C20H16ClNO5S/c1-26-19-5-3-2-4-18(19)20(23)22-15-8-10-16(11-9-15)27-28(24,25)17-12-6-14(21)7-13-17/h2-13H,1H3,(H,22,23). The summed E-state index contributed by atoms with van der Waals surface area (Å²) in [4.78, 5) is 12.4. The van der Waals surface area contributed by atoms with Crippen LogP contribution >= 0.6 is 11.6 Å². The molecule has 0 atom stereocenters. The van der Waals surface area contributed by atoms with Gasteiger partial charge in [0.15, 0.2) is 0 Å². The van der Waals surface area contributed by atoms with Gasteiger partial charge in [0.1, 0.15) is 16.4 Å². The number of carbonyl (C=O) groups excluding carboxylic acids is 1. The number of nitrogens with one attached hydrogen (secondary N) is 1. The van der Waals surface area contributed by atoms with E-state index in [2.05, 4.69) is 5.32 Å². The molecule has 0 aliphatic heterocycles. The Morgan fingerprint density at radius 3 is 2.21 bits per heavy atom. The molecule has 28 heavy (non-hydrogen) atoms. The second-order valence-corrected chi connectivity index (χ2v) is 7.65. The molecule has 6 nitrogen and oxygen atoms in total. The summed E-state index contributed by atoms with van der Waals surface area (Å²) in [5.74, 6) is 0.221. The molecule has 0 spiro atoms. The molecule has 8 heteroatoms. The normalized spacial score (nSPS) is 10.9. The summed E-state index contributed by atoms with van der Waals surface area (Å²) in [6.07, 6.45) is 0. The van der Waals surface area contributed by atoms with Crippen LogP contribution in [0.1, 0.15) is 10.4 Å². The van der Waals surface area contributed by atoms with Crippen molar-refractivity contribution in [3.63, 3.8) is 0 Å². The van der Waals surface area contributed by atoms with Crippen LogP contribution in [0.3, 0.4) is 0 Å². The van der Waals surface area contributed by atoms with Crippen molar-refractivity contribution in [2.45, 2.75) is 4.90 Å². The van der Waals surface area contributed by atoms with Gasteiger partial charge in [0, 0.05) is 10.7 Å². The first kappa shape index (κ1) is 19.7. The van der Waals surface area contributed by atoms with Gasteiger partial charge in [0.2, 0.25) is 0 Å². The van der Waals surface area contributed by atoms with Crippen LogP contribution in [0.4, 0.5) is 5.69 Å². The molecule has 0 saturated heterocycles. The monoisotopic (exact) mass is 417 g/mol. The van der Waals surface area contributed by atoms with E-state index >= 15 is 0 Å². The lowest BCUT2D eigenvalue weighted by Gasteiger charge is -2.10. The Kier molecular flexibility index (Phi) is 5.87. The molecule has 3 aromatic carbocycles. The number of halogens is 1. The minimum Gasteiger partial charge on any atom is -0.496 e. The first-order chi connectivity index (χ1) is 13.4. The molecule has 0 aromatic heterocycles. The van der Waals surface area contributed by atoms with E-state index in [0.29, 0.717) is 22.0 Å². The summed E-state index contributed by atoms with van der Waals surface area (Å²) in [6, 6.07) is 18.5. The molecule has 3 aromatic rings. The van der Waals surface area contributed by atoms with Crippen molar-refractivity contribution < 1.29 is 22.1 Å². The zero-order valence-electron chi connectivity index (χ0n) is 14.8. The van der Waals surface area contributed by atoms with Gasteiger partial charge >= 0.3 is 10.1 Å². The molecule has 0 aliphatic rings. The Morgan fingerprint density at radius 2 is 1.57 bits per heavy atom. The number of amides is 1. The molecular weight excluding hydrogens is 402 g/mol. The SMILES string of the molecule is COc1ccccc1C(=O)Nc1ccc(OS(=O)(=O)c2ccc(Cl)cc2)cc1. The first-order valence-corrected chi connectivity index (χ1v) is 9.92. The Labute approximate surface area is 167 Å². The molecule has 0 unspecified atom stereocenters. The number of methoxy groups -OCH3 is 1. The van der Waals surface area contributed by atoms with Crippen LogP contribution in [0.2, 0.25) is 5.02 Å². The predicted octanol–water partition coefficient (Wildman–Crippen LogP) is 4.37. The summed E-state index contributed by atoms with van der Waals surface area (Å²) in [7, 11) is -2.50. The average molecular weight is 418 g/mol. The highest BCUT2D eigenvalue weighted by Gasteiger charge is 2.17. The van der Waals surface area contributed by atoms with Gasteiger partial charge in [0.25, 0.3) is 5.91 Å². The molecule has 0 fully saturated rings. The van der Waals surface area contributed by atoms with Gasteiger partial charge in [-0.25, -0.2) is 0 Å². The molecule has 0 bridgehead atoms. The number of anilines is 1. The number of rotatable bonds is 6. The van der Waals surface area contributed by atoms with Gasteiger partial charge in [-0.1, -0.05) is 23.7 Å². The number of benzene rings is 3. The summed E-state index contributed by atoms with van der Waals surface area (Å²) in [6.45, 7) is 0. The molecule has 0 radical (unpaired) electrons. The fourth-order valence-corrected chi connectivity index (χ4v) is 3.46. The number of carbonyl (C=O) groups is 1. The first-order valence-electron chi connectivity index (χ1n) is 8.13. The number of hydrogen-bond donors (Lipinski definition) is 1. The second-order valence-electron chi connectivity index (χ2n) is 5.67. The number of para-hydroxylation sites is 1. The maximum absolute atomic E-state index is 12.4. The van der Waals surface area contributed by atoms with E-state index in [0.717, 1.165) is 0 Å². The summed E-state index contributed by atoms with van der Waals surface area (Å²) >= 11 is 5.77. The summed E-state index contributed by atoms with van der Waals surface area (Å²) < 4.78 is 34.8. The molecular formula is C20H16ClNO5S. The highest BCUT2D eigenvalue weighted by Crippen LogP contribution is 2.23. The molecule has 144 valence electrons. The topological polar surface area (TPSA) is 81.7 Å². The Balaban J connectivity index is 1.71. The minimum absolute atomic E-state index is 0.00884. The third-order valence-electron chi connectivity index (χ3n) is 3.77. The number of ether oxygens (including phenoxy) is 1. The van der Waals surface area contributed by atoms with E-state index in [-0.39, 0.29) is 16.6 Å².